The molecular formula is C21H17FN8O. The van der Waals surface area contributed by atoms with Gasteiger partial charge in [-0.25, -0.2) is 13.9 Å². The van der Waals surface area contributed by atoms with E-state index in [2.05, 4.69) is 30.7 Å². The standard InChI is InChI=1S/C21H17FN8O/c1-12-9-23-26-19(12)21(31)25-17-11-30-18(24-17)8-7-16(27-30)15-10-29(2)28-20(15)13-3-5-14(22)6-4-13/h3-11H,1-2H3,(H,23,26)(H,25,31). The van der Waals surface area contributed by atoms with Crippen LogP contribution in [-0.4, -0.2) is 40.5 Å². The molecule has 1 amide bonds. The highest BCUT2D eigenvalue weighted by Gasteiger charge is 2.16. The van der Waals surface area contributed by atoms with E-state index in [0.717, 1.165) is 16.7 Å². The smallest absolute Gasteiger partial charge is 0.277 e. The van der Waals surface area contributed by atoms with Crippen LogP contribution in [-0.2, 0) is 7.05 Å². The van der Waals surface area contributed by atoms with Crippen LogP contribution in [0.3, 0.4) is 0 Å². The minimum Gasteiger partial charge on any atom is -0.304 e. The van der Waals surface area contributed by atoms with Crippen LogP contribution < -0.4 is 5.32 Å². The lowest BCUT2D eigenvalue weighted by Crippen LogP contribution is -2.13. The van der Waals surface area contributed by atoms with E-state index in [9.17, 15) is 9.18 Å². The van der Waals surface area contributed by atoms with Crippen molar-refractivity contribution in [3.05, 3.63) is 72.1 Å². The molecule has 0 fully saturated rings. The van der Waals surface area contributed by atoms with Crippen molar-refractivity contribution in [2.75, 3.05) is 5.32 Å². The summed E-state index contributed by atoms with van der Waals surface area (Å²) in [5.41, 5.74) is 4.56. The van der Waals surface area contributed by atoms with Gasteiger partial charge in [0.1, 0.15) is 11.5 Å². The number of aromatic nitrogens is 7. The first kappa shape index (κ1) is 18.7. The van der Waals surface area contributed by atoms with Gasteiger partial charge in [0, 0.05) is 30.6 Å². The normalized spacial score (nSPS) is 11.2. The zero-order valence-corrected chi connectivity index (χ0v) is 16.7. The number of hydrogen-bond acceptors (Lipinski definition) is 5. The molecule has 10 heteroatoms. The topological polar surface area (TPSA) is 106 Å². The zero-order chi connectivity index (χ0) is 21.5. The lowest BCUT2D eigenvalue weighted by molar-refractivity contribution is 0.102. The number of hydrogen-bond donors (Lipinski definition) is 2. The lowest BCUT2D eigenvalue weighted by atomic mass is 10.1. The Balaban J connectivity index is 1.49. The van der Waals surface area contributed by atoms with E-state index < -0.39 is 0 Å². The molecule has 0 saturated heterocycles. The molecule has 5 rings (SSSR count). The van der Waals surface area contributed by atoms with E-state index in [-0.39, 0.29) is 11.7 Å². The van der Waals surface area contributed by atoms with Crippen LogP contribution >= 0.6 is 0 Å². The van der Waals surface area contributed by atoms with Crippen molar-refractivity contribution in [3.8, 4) is 22.5 Å². The molecule has 0 unspecified atom stereocenters. The Morgan fingerprint density at radius 1 is 1.10 bits per heavy atom. The van der Waals surface area contributed by atoms with Crippen molar-refractivity contribution >= 4 is 17.4 Å². The molecule has 0 bridgehead atoms. The van der Waals surface area contributed by atoms with E-state index in [1.54, 1.807) is 46.7 Å². The highest BCUT2D eigenvalue weighted by atomic mass is 19.1. The molecule has 1 aromatic carbocycles. The number of fused-ring (bicyclic) bond motifs is 1. The maximum absolute atomic E-state index is 13.3. The minimum absolute atomic E-state index is 0.307. The number of imidazole rings is 1. The van der Waals surface area contributed by atoms with E-state index in [4.69, 9.17) is 0 Å². The van der Waals surface area contributed by atoms with Crippen LogP contribution in [0.4, 0.5) is 10.2 Å². The summed E-state index contributed by atoms with van der Waals surface area (Å²) < 4.78 is 16.6. The van der Waals surface area contributed by atoms with Crippen LogP contribution in [0.2, 0.25) is 0 Å². The van der Waals surface area contributed by atoms with Crippen molar-refractivity contribution in [1.82, 2.24) is 34.6 Å². The van der Waals surface area contributed by atoms with Crippen molar-refractivity contribution < 1.29 is 9.18 Å². The quantitative estimate of drug-likeness (QED) is 0.468. The SMILES string of the molecule is Cc1c[nH]nc1C(=O)Nc1cn2nc(-c3cn(C)nc3-c3ccc(F)cc3)ccc2n1. The Labute approximate surface area is 175 Å². The van der Waals surface area contributed by atoms with E-state index in [1.165, 1.54) is 12.1 Å². The monoisotopic (exact) mass is 416 g/mol. The third-order valence-corrected chi connectivity index (χ3v) is 4.83. The van der Waals surface area contributed by atoms with Gasteiger partial charge < -0.3 is 5.32 Å². The second kappa shape index (κ2) is 7.17. The van der Waals surface area contributed by atoms with E-state index in [0.29, 0.717) is 28.5 Å². The molecule has 154 valence electrons. The second-order valence-corrected chi connectivity index (χ2v) is 7.09. The fourth-order valence-electron chi connectivity index (χ4n) is 3.34. The summed E-state index contributed by atoms with van der Waals surface area (Å²) in [7, 11) is 1.82. The maximum Gasteiger partial charge on any atom is 0.277 e. The van der Waals surface area contributed by atoms with Gasteiger partial charge in [-0.1, -0.05) is 0 Å². The molecule has 2 N–H and O–H groups in total. The van der Waals surface area contributed by atoms with Crippen molar-refractivity contribution in [1.29, 1.82) is 0 Å². The van der Waals surface area contributed by atoms with Gasteiger partial charge in [-0.2, -0.15) is 15.3 Å². The predicted molar refractivity (Wildman–Crippen MR) is 112 cm³/mol. The van der Waals surface area contributed by atoms with E-state index in [1.807, 2.05) is 19.3 Å². The molecule has 0 spiro atoms. The predicted octanol–water partition coefficient (Wildman–Crippen LogP) is 3.22. The number of anilines is 1. The summed E-state index contributed by atoms with van der Waals surface area (Å²) in [6, 6.07) is 9.80. The van der Waals surface area contributed by atoms with Gasteiger partial charge in [-0.15, -0.1) is 0 Å². The van der Waals surface area contributed by atoms with Crippen LogP contribution in [0.15, 0.2) is 55.0 Å². The Bertz CT molecular complexity index is 1410. The summed E-state index contributed by atoms with van der Waals surface area (Å²) >= 11 is 0. The Morgan fingerprint density at radius 3 is 2.65 bits per heavy atom. The third-order valence-electron chi connectivity index (χ3n) is 4.83. The Hall–Kier alpha value is -4.34. The Kier molecular flexibility index (Phi) is 4.32. The molecule has 9 nitrogen and oxygen atoms in total. The number of rotatable bonds is 4. The average molecular weight is 416 g/mol. The molecule has 0 aliphatic rings. The molecule has 0 aliphatic heterocycles. The molecule has 31 heavy (non-hydrogen) atoms. The summed E-state index contributed by atoms with van der Waals surface area (Å²) in [5.74, 6) is -0.297. The molecule has 0 aliphatic carbocycles. The van der Waals surface area contributed by atoms with Gasteiger partial charge in [-0.3, -0.25) is 14.6 Å². The zero-order valence-electron chi connectivity index (χ0n) is 16.7. The van der Waals surface area contributed by atoms with Crippen molar-refractivity contribution in [2.45, 2.75) is 6.92 Å². The summed E-state index contributed by atoms with van der Waals surface area (Å²) in [6.45, 7) is 1.79. The average Bonchev–Trinajstić information content (AvgIpc) is 3.45. The fraction of sp³-hybridized carbons (Fsp3) is 0.0952. The number of carbonyl (C=O) groups excluding carboxylic acids is 1. The van der Waals surface area contributed by atoms with Crippen LogP contribution in [0.25, 0.3) is 28.2 Å². The fourth-order valence-corrected chi connectivity index (χ4v) is 3.34. The lowest BCUT2D eigenvalue weighted by Gasteiger charge is -2.03. The number of carbonyl (C=O) groups is 1. The molecule has 4 heterocycles. The summed E-state index contributed by atoms with van der Waals surface area (Å²) in [4.78, 5) is 16.8. The first-order valence-electron chi connectivity index (χ1n) is 9.46. The van der Waals surface area contributed by atoms with Gasteiger partial charge >= 0.3 is 0 Å². The summed E-state index contributed by atoms with van der Waals surface area (Å²) in [5, 5.41) is 18.5. The number of aryl methyl sites for hydroxylation is 2. The van der Waals surface area contributed by atoms with Gasteiger partial charge in [-0.05, 0) is 48.9 Å². The maximum atomic E-state index is 13.3. The molecule has 0 radical (unpaired) electrons. The number of halogens is 1. The molecular weight excluding hydrogens is 399 g/mol. The molecule has 4 aromatic heterocycles. The highest BCUT2D eigenvalue weighted by Crippen LogP contribution is 2.30. The van der Waals surface area contributed by atoms with Gasteiger partial charge in [0.25, 0.3) is 5.91 Å². The Morgan fingerprint density at radius 2 is 1.90 bits per heavy atom. The summed E-state index contributed by atoms with van der Waals surface area (Å²) in [6.07, 6.45) is 5.14. The second-order valence-electron chi connectivity index (χ2n) is 7.09. The number of H-pyrrole nitrogens is 1. The third kappa shape index (κ3) is 3.44. The number of amides is 1. The van der Waals surface area contributed by atoms with Crippen LogP contribution in [0.5, 0.6) is 0 Å². The van der Waals surface area contributed by atoms with Crippen LogP contribution in [0.1, 0.15) is 16.1 Å². The number of nitrogens with one attached hydrogen (secondary N) is 2. The van der Waals surface area contributed by atoms with E-state index >= 15 is 0 Å². The number of benzene rings is 1. The number of aromatic amines is 1. The minimum atomic E-state index is -0.353. The van der Waals surface area contributed by atoms with Crippen molar-refractivity contribution in [2.24, 2.45) is 7.05 Å². The highest BCUT2D eigenvalue weighted by molar-refractivity contribution is 6.03. The first-order valence-corrected chi connectivity index (χ1v) is 9.46. The van der Waals surface area contributed by atoms with Crippen LogP contribution in [0, 0.1) is 12.7 Å². The van der Waals surface area contributed by atoms with Gasteiger partial charge in [0.15, 0.2) is 17.2 Å². The molecule has 0 saturated carbocycles. The number of nitrogens with zero attached hydrogens (tertiary/aromatic N) is 6. The van der Waals surface area contributed by atoms with Gasteiger partial charge in [0.05, 0.1) is 11.9 Å². The van der Waals surface area contributed by atoms with Crippen molar-refractivity contribution in [3.63, 3.8) is 0 Å². The molecule has 0 atom stereocenters. The van der Waals surface area contributed by atoms with Gasteiger partial charge in [0.2, 0.25) is 0 Å². The first-order chi connectivity index (χ1) is 15.0. The largest absolute Gasteiger partial charge is 0.304 e. The molecule has 5 aromatic rings.